The zero-order chi connectivity index (χ0) is 8.27. The fraction of sp³-hybridized carbons (Fsp3) is 0.429. The zero-order valence-electron chi connectivity index (χ0n) is 5.96. The number of halogens is 1. The van der Waals surface area contributed by atoms with E-state index in [9.17, 15) is 4.39 Å². The second-order valence-corrected chi connectivity index (χ2v) is 2.22. The van der Waals surface area contributed by atoms with Crippen LogP contribution >= 0.6 is 0 Å². The summed E-state index contributed by atoms with van der Waals surface area (Å²) >= 11 is 0. The van der Waals surface area contributed by atoms with E-state index in [1.807, 2.05) is 0 Å². The van der Waals surface area contributed by atoms with Crippen LogP contribution in [0.25, 0.3) is 0 Å². The van der Waals surface area contributed by atoms with Gasteiger partial charge in [0.25, 0.3) is 0 Å². The van der Waals surface area contributed by atoms with Gasteiger partial charge in [-0.3, -0.25) is 0 Å². The van der Waals surface area contributed by atoms with E-state index in [0.29, 0.717) is 11.5 Å². The predicted octanol–water partition coefficient (Wildman–Crippen LogP) is 0.741. The highest BCUT2D eigenvalue weighted by atomic mass is 19.1. The van der Waals surface area contributed by atoms with E-state index >= 15 is 0 Å². The quantitative estimate of drug-likeness (QED) is 0.683. The van der Waals surface area contributed by atoms with E-state index in [-0.39, 0.29) is 6.61 Å². The van der Waals surface area contributed by atoms with Crippen LogP contribution in [-0.2, 0) is 6.61 Å². The molecule has 4 heteroatoms. The molecule has 0 aromatic carbocycles. The van der Waals surface area contributed by atoms with Gasteiger partial charge in [0.1, 0.15) is 24.8 Å². The standard InChI is InChI=1S/C7H10FNO2/c8-3-6(9)7-2-1-5(4-10)11-7/h1-2,6,10H,3-4,9H2/t6-/m0/s1. The molecule has 1 heterocycles. The number of alkyl halides is 1. The van der Waals surface area contributed by atoms with Crippen molar-refractivity contribution in [1.82, 2.24) is 0 Å². The monoisotopic (exact) mass is 159 g/mol. The Morgan fingerprint density at radius 2 is 2.36 bits per heavy atom. The summed E-state index contributed by atoms with van der Waals surface area (Å²) in [6, 6.07) is 2.43. The van der Waals surface area contributed by atoms with Gasteiger partial charge in [0, 0.05) is 0 Å². The molecule has 0 aliphatic rings. The van der Waals surface area contributed by atoms with Gasteiger partial charge in [-0.1, -0.05) is 0 Å². The molecule has 1 atom stereocenters. The maximum absolute atomic E-state index is 11.9. The molecule has 0 spiro atoms. The maximum Gasteiger partial charge on any atom is 0.129 e. The Kier molecular flexibility index (Phi) is 2.62. The van der Waals surface area contributed by atoms with Gasteiger partial charge in [-0.25, -0.2) is 4.39 Å². The number of rotatable bonds is 3. The Labute approximate surface area is 63.6 Å². The molecule has 3 nitrogen and oxygen atoms in total. The van der Waals surface area contributed by atoms with Crippen molar-refractivity contribution < 1.29 is 13.9 Å². The van der Waals surface area contributed by atoms with E-state index in [1.54, 1.807) is 12.1 Å². The molecule has 0 amide bonds. The van der Waals surface area contributed by atoms with Crippen LogP contribution in [0.15, 0.2) is 16.5 Å². The lowest BCUT2D eigenvalue weighted by molar-refractivity contribution is 0.239. The van der Waals surface area contributed by atoms with Crippen molar-refractivity contribution in [3.63, 3.8) is 0 Å². The highest BCUT2D eigenvalue weighted by Gasteiger charge is 2.09. The highest BCUT2D eigenvalue weighted by Crippen LogP contribution is 2.14. The van der Waals surface area contributed by atoms with Crippen LogP contribution in [-0.4, -0.2) is 11.8 Å². The van der Waals surface area contributed by atoms with Crippen LogP contribution in [0.4, 0.5) is 4.39 Å². The molecule has 1 rings (SSSR count). The van der Waals surface area contributed by atoms with Crippen molar-refractivity contribution in [3.05, 3.63) is 23.7 Å². The van der Waals surface area contributed by atoms with E-state index in [4.69, 9.17) is 15.3 Å². The lowest BCUT2D eigenvalue weighted by atomic mass is 10.3. The van der Waals surface area contributed by atoms with Crippen LogP contribution in [0.3, 0.4) is 0 Å². The van der Waals surface area contributed by atoms with Gasteiger partial charge in [-0.05, 0) is 12.1 Å². The first kappa shape index (κ1) is 8.23. The van der Waals surface area contributed by atoms with Crippen molar-refractivity contribution >= 4 is 0 Å². The zero-order valence-corrected chi connectivity index (χ0v) is 5.96. The summed E-state index contributed by atoms with van der Waals surface area (Å²) in [5.74, 6) is 0.778. The molecule has 0 unspecified atom stereocenters. The second kappa shape index (κ2) is 3.50. The first-order chi connectivity index (χ1) is 5.27. The van der Waals surface area contributed by atoms with Gasteiger partial charge >= 0.3 is 0 Å². The SMILES string of the molecule is N[C@@H](CF)c1ccc(CO)o1. The van der Waals surface area contributed by atoms with Crippen LogP contribution in [0.1, 0.15) is 17.6 Å². The molecule has 0 saturated heterocycles. The number of aliphatic hydroxyl groups is 1. The molecule has 1 aromatic rings. The molecule has 1 aromatic heterocycles. The summed E-state index contributed by atoms with van der Waals surface area (Å²) in [7, 11) is 0. The third kappa shape index (κ3) is 1.78. The Morgan fingerprint density at radius 1 is 1.64 bits per heavy atom. The smallest absolute Gasteiger partial charge is 0.129 e. The molecular formula is C7H10FNO2. The van der Waals surface area contributed by atoms with Crippen molar-refractivity contribution in [2.45, 2.75) is 12.6 Å². The van der Waals surface area contributed by atoms with E-state index in [0.717, 1.165) is 0 Å². The summed E-state index contributed by atoms with van der Waals surface area (Å²) in [6.07, 6.45) is 0. The Morgan fingerprint density at radius 3 is 2.82 bits per heavy atom. The molecule has 62 valence electrons. The number of hydrogen-bond acceptors (Lipinski definition) is 3. The summed E-state index contributed by atoms with van der Waals surface area (Å²) in [6.45, 7) is -0.836. The van der Waals surface area contributed by atoms with Gasteiger partial charge in [-0.2, -0.15) is 0 Å². The average Bonchev–Trinajstić information content (AvgIpc) is 2.50. The Balaban J connectivity index is 2.71. The maximum atomic E-state index is 11.9. The van der Waals surface area contributed by atoms with Crippen LogP contribution in [0, 0.1) is 0 Å². The van der Waals surface area contributed by atoms with Gasteiger partial charge < -0.3 is 15.3 Å². The molecule has 0 fully saturated rings. The van der Waals surface area contributed by atoms with Crippen LogP contribution in [0.2, 0.25) is 0 Å². The molecule has 3 N–H and O–H groups in total. The van der Waals surface area contributed by atoms with Crippen LogP contribution < -0.4 is 5.73 Å². The number of nitrogens with two attached hydrogens (primary N) is 1. The van der Waals surface area contributed by atoms with E-state index < -0.39 is 12.7 Å². The van der Waals surface area contributed by atoms with Gasteiger partial charge in [0.15, 0.2) is 0 Å². The lowest BCUT2D eigenvalue weighted by Gasteiger charge is -2.00. The minimum Gasteiger partial charge on any atom is -0.462 e. The summed E-state index contributed by atoms with van der Waals surface area (Å²) in [4.78, 5) is 0. The average molecular weight is 159 g/mol. The van der Waals surface area contributed by atoms with E-state index in [2.05, 4.69) is 0 Å². The topological polar surface area (TPSA) is 59.4 Å². The molecule has 0 radical (unpaired) electrons. The molecule has 11 heavy (non-hydrogen) atoms. The van der Waals surface area contributed by atoms with Crippen LogP contribution in [0.5, 0.6) is 0 Å². The highest BCUT2D eigenvalue weighted by molar-refractivity contribution is 5.09. The van der Waals surface area contributed by atoms with Crippen molar-refractivity contribution in [3.8, 4) is 0 Å². The number of hydrogen-bond donors (Lipinski definition) is 2. The molecule has 0 saturated carbocycles. The number of furan rings is 1. The third-order valence-corrected chi connectivity index (χ3v) is 1.37. The Hall–Kier alpha value is -0.870. The Bertz CT molecular complexity index is 224. The van der Waals surface area contributed by atoms with E-state index in [1.165, 1.54) is 0 Å². The molecule has 0 aliphatic heterocycles. The fourth-order valence-corrected chi connectivity index (χ4v) is 0.755. The third-order valence-electron chi connectivity index (χ3n) is 1.37. The lowest BCUT2D eigenvalue weighted by Crippen LogP contribution is -2.10. The van der Waals surface area contributed by atoms with Gasteiger partial charge in [0.05, 0.1) is 6.04 Å². The summed E-state index contributed by atoms with van der Waals surface area (Å²) < 4.78 is 16.9. The van der Waals surface area contributed by atoms with Crippen molar-refractivity contribution in [2.75, 3.05) is 6.67 Å². The summed E-state index contributed by atoms with van der Waals surface area (Å²) in [5.41, 5.74) is 5.31. The first-order valence-electron chi connectivity index (χ1n) is 3.29. The van der Waals surface area contributed by atoms with Gasteiger partial charge in [0.2, 0.25) is 0 Å². The largest absolute Gasteiger partial charge is 0.462 e. The summed E-state index contributed by atoms with van der Waals surface area (Å²) in [5, 5.41) is 8.58. The molecule has 0 aliphatic carbocycles. The van der Waals surface area contributed by atoms with Crippen molar-refractivity contribution in [2.24, 2.45) is 5.73 Å². The number of aliphatic hydroxyl groups excluding tert-OH is 1. The minimum absolute atomic E-state index is 0.182. The normalized spacial score (nSPS) is 13.4. The molecule has 0 bridgehead atoms. The minimum atomic E-state index is -0.713. The first-order valence-corrected chi connectivity index (χ1v) is 3.29. The predicted molar refractivity (Wildman–Crippen MR) is 37.5 cm³/mol. The fourth-order valence-electron chi connectivity index (χ4n) is 0.755. The molecular weight excluding hydrogens is 149 g/mol. The van der Waals surface area contributed by atoms with Gasteiger partial charge in [-0.15, -0.1) is 0 Å². The second-order valence-electron chi connectivity index (χ2n) is 2.22. The van der Waals surface area contributed by atoms with Crippen molar-refractivity contribution in [1.29, 1.82) is 0 Å².